The highest BCUT2D eigenvalue weighted by molar-refractivity contribution is 5.33. The molecule has 1 aliphatic carbocycles. The minimum Gasteiger partial charge on any atom is -0.491 e. The summed E-state index contributed by atoms with van der Waals surface area (Å²) in [5.41, 5.74) is 0.676. The van der Waals surface area contributed by atoms with Crippen molar-refractivity contribution in [1.82, 2.24) is 5.32 Å². The van der Waals surface area contributed by atoms with Gasteiger partial charge < -0.3 is 20.3 Å². The molecule has 3 N–H and O–H groups in total. The molecule has 1 aromatic carbocycles. The Hall–Kier alpha value is -1.10. The van der Waals surface area contributed by atoms with Crippen LogP contribution in [0.3, 0.4) is 0 Å². The van der Waals surface area contributed by atoms with Crippen LogP contribution in [0.15, 0.2) is 24.3 Å². The third-order valence-corrected chi connectivity index (χ3v) is 4.01. The van der Waals surface area contributed by atoms with Gasteiger partial charge in [0.2, 0.25) is 0 Å². The maximum atomic E-state index is 9.79. The molecule has 0 heterocycles. The van der Waals surface area contributed by atoms with Crippen molar-refractivity contribution >= 4 is 0 Å². The molecule has 4 heteroatoms. The van der Waals surface area contributed by atoms with Gasteiger partial charge in [-0.25, -0.2) is 0 Å². The average Bonchev–Trinajstić information content (AvgIpc) is 3.30. The number of para-hydroxylation sites is 1. The van der Waals surface area contributed by atoms with Crippen LogP contribution in [0.4, 0.5) is 0 Å². The molecule has 0 radical (unpaired) electrons. The number of hydrogen-bond acceptors (Lipinski definition) is 4. The van der Waals surface area contributed by atoms with Crippen molar-refractivity contribution in [2.24, 2.45) is 5.92 Å². The van der Waals surface area contributed by atoms with Gasteiger partial charge in [-0.15, -0.1) is 0 Å². The first-order chi connectivity index (χ1) is 9.75. The van der Waals surface area contributed by atoms with Gasteiger partial charge in [0.05, 0.1) is 12.1 Å². The largest absolute Gasteiger partial charge is 0.491 e. The van der Waals surface area contributed by atoms with E-state index in [1.165, 1.54) is 0 Å². The minimum absolute atomic E-state index is 0.0909. The third kappa shape index (κ3) is 3.51. The Morgan fingerprint density at radius 2 is 2.05 bits per heavy atom. The van der Waals surface area contributed by atoms with Crippen LogP contribution < -0.4 is 10.1 Å². The number of ether oxygens (including phenoxy) is 1. The molecule has 20 heavy (non-hydrogen) atoms. The molecule has 1 aromatic rings. The van der Waals surface area contributed by atoms with E-state index in [0.29, 0.717) is 18.9 Å². The number of nitrogens with one attached hydrogen (secondary N) is 1. The van der Waals surface area contributed by atoms with Crippen molar-refractivity contribution in [1.29, 1.82) is 0 Å². The lowest BCUT2D eigenvalue weighted by atomic mass is 9.95. The normalized spacial score (nSPS) is 17.8. The molecule has 1 saturated carbocycles. The predicted molar refractivity (Wildman–Crippen MR) is 78.9 cm³/mol. The van der Waals surface area contributed by atoms with E-state index in [4.69, 9.17) is 9.84 Å². The zero-order valence-corrected chi connectivity index (χ0v) is 12.1. The standard InChI is InChI=1S/C16H25NO3/c1-2-17-16(11-19,14-7-8-14)12-20-15-6-4-3-5-13(15)9-10-18/h3-6,14,17-19H,2,7-12H2,1H3. The van der Waals surface area contributed by atoms with E-state index < -0.39 is 0 Å². The molecule has 1 atom stereocenters. The Morgan fingerprint density at radius 1 is 1.30 bits per heavy atom. The average molecular weight is 279 g/mol. The Labute approximate surface area is 120 Å². The highest BCUT2D eigenvalue weighted by Crippen LogP contribution is 2.40. The van der Waals surface area contributed by atoms with Gasteiger partial charge in [-0.05, 0) is 43.4 Å². The Balaban J connectivity index is 2.05. The number of aliphatic hydroxyl groups is 2. The smallest absolute Gasteiger partial charge is 0.122 e. The van der Waals surface area contributed by atoms with E-state index in [1.54, 1.807) is 0 Å². The lowest BCUT2D eigenvalue weighted by Crippen LogP contribution is -2.55. The highest BCUT2D eigenvalue weighted by Gasteiger charge is 2.45. The van der Waals surface area contributed by atoms with Gasteiger partial charge in [0.1, 0.15) is 12.4 Å². The molecule has 0 aromatic heterocycles. The van der Waals surface area contributed by atoms with Crippen LogP contribution in [0.1, 0.15) is 25.3 Å². The Morgan fingerprint density at radius 3 is 2.65 bits per heavy atom. The van der Waals surface area contributed by atoms with Gasteiger partial charge in [-0.1, -0.05) is 25.1 Å². The summed E-state index contributed by atoms with van der Waals surface area (Å²) in [6.07, 6.45) is 2.89. The Bertz CT molecular complexity index is 420. The maximum Gasteiger partial charge on any atom is 0.122 e. The van der Waals surface area contributed by atoms with E-state index in [0.717, 1.165) is 30.7 Å². The molecule has 1 unspecified atom stereocenters. The SMILES string of the molecule is CCNC(CO)(COc1ccccc1CCO)C1CC1. The third-order valence-electron chi connectivity index (χ3n) is 4.01. The van der Waals surface area contributed by atoms with Crippen molar-refractivity contribution in [3.05, 3.63) is 29.8 Å². The van der Waals surface area contributed by atoms with Gasteiger partial charge in [0.15, 0.2) is 0 Å². The van der Waals surface area contributed by atoms with Crippen LogP contribution >= 0.6 is 0 Å². The minimum atomic E-state index is -0.332. The molecular formula is C16H25NO3. The molecule has 0 aliphatic heterocycles. The second-order valence-corrected chi connectivity index (χ2v) is 5.49. The lowest BCUT2D eigenvalue weighted by molar-refractivity contribution is 0.0858. The zero-order chi connectivity index (χ0) is 14.4. The first-order valence-electron chi connectivity index (χ1n) is 7.43. The second-order valence-electron chi connectivity index (χ2n) is 5.49. The molecule has 0 saturated heterocycles. The number of rotatable bonds is 9. The molecule has 0 amide bonds. The van der Waals surface area contributed by atoms with Crippen LogP contribution in [0, 0.1) is 5.92 Å². The van der Waals surface area contributed by atoms with Crippen LogP contribution in [0.25, 0.3) is 0 Å². The van der Waals surface area contributed by atoms with Gasteiger partial charge >= 0.3 is 0 Å². The van der Waals surface area contributed by atoms with Gasteiger partial charge in [0.25, 0.3) is 0 Å². The van der Waals surface area contributed by atoms with Gasteiger partial charge in [-0.3, -0.25) is 0 Å². The van der Waals surface area contributed by atoms with E-state index in [1.807, 2.05) is 31.2 Å². The molecule has 112 valence electrons. The fraction of sp³-hybridized carbons (Fsp3) is 0.625. The molecule has 4 nitrogen and oxygen atoms in total. The fourth-order valence-corrected chi connectivity index (χ4v) is 2.71. The van der Waals surface area contributed by atoms with Crippen molar-refractivity contribution < 1.29 is 14.9 Å². The summed E-state index contributed by atoms with van der Waals surface area (Å²) in [4.78, 5) is 0. The molecular weight excluding hydrogens is 254 g/mol. The maximum absolute atomic E-state index is 9.79. The summed E-state index contributed by atoms with van der Waals surface area (Å²) in [6, 6.07) is 7.77. The van der Waals surface area contributed by atoms with Crippen LogP contribution in [-0.4, -0.2) is 42.1 Å². The summed E-state index contributed by atoms with van der Waals surface area (Å²) < 4.78 is 5.97. The lowest BCUT2D eigenvalue weighted by Gasteiger charge is -2.33. The monoisotopic (exact) mass is 279 g/mol. The number of hydrogen-bond donors (Lipinski definition) is 3. The first-order valence-corrected chi connectivity index (χ1v) is 7.43. The topological polar surface area (TPSA) is 61.7 Å². The number of benzene rings is 1. The second kappa shape index (κ2) is 7.07. The zero-order valence-electron chi connectivity index (χ0n) is 12.1. The quantitative estimate of drug-likeness (QED) is 0.638. The van der Waals surface area contributed by atoms with Crippen molar-refractivity contribution in [2.45, 2.75) is 31.7 Å². The van der Waals surface area contributed by atoms with Crippen molar-refractivity contribution in [3.63, 3.8) is 0 Å². The van der Waals surface area contributed by atoms with Crippen LogP contribution in [0.5, 0.6) is 5.75 Å². The van der Waals surface area contributed by atoms with Crippen molar-refractivity contribution in [2.75, 3.05) is 26.4 Å². The van der Waals surface area contributed by atoms with E-state index >= 15 is 0 Å². The van der Waals surface area contributed by atoms with E-state index in [2.05, 4.69) is 5.32 Å². The molecule has 0 bridgehead atoms. The summed E-state index contributed by atoms with van der Waals surface area (Å²) >= 11 is 0. The highest BCUT2D eigenvalue weighted by atomic mass is 16.5. The van der Waals surface area contributed by atoms with Gasteiger partial charge in [0, 0.05) is 6.61 Å². The van der Waals surface area contributed by atoms with Crippen LogP contribution in [0.2, 0.25) is 0 Å². The van der Waals surface area contributed by atoms with Crippen molar-refractivity contribution in [3.8, 4) is 5.75 Å². The number of likely N-dealkylation sites (N-methyl/N-ethyl adjacent to an activating group) is 1. The summed E-state index contributed by atoms with van der Waals surface area (Å²) in [5, 5.41) is 22.3. The van der Waals surface area contributed by atoms with Gasteiger partial charge in [-0.2, -0.15) is 0 Å². The predicted octanol–water partition coefficient (Wildman–Crippen LogP) is 1.35. The summed E-state index contributed by atoms with van der Waals surface area (Å²) in [5.74, 6) is 1.30. The molecule has 1 fully saturated rings. The molecule has 1 aliphatic rings. The summed E-state index contributed by atoms with van der Waals surface area (Å²) in [6.45, 7) is 3.53. The van der Waals surface area contributed by atoms with E-state index in [-0.39, 0.29) is 18.8 Å². The van der Waals surface area contributed by atoms with E-state index in [9.17, 15) is 5.11 Å². The first kappa shape index (κ1) is 15.3. The molecule has 2 rings (SSSR count). The van der Waals surface area contributed by atoms with Crippen LogP contribution in [-0.2, 0) is 6.42 Å². The Kier molecular flexibility index (Phi) is 5.40. The fourth-order valence-electron chi connectivity index (χ4n) is 2.71. The molecule has 0 spiro atoms. The summed E-state index contributed by atoms with van der Waals surface area (Å²) in [7, 11) is 0. The number of aliphatic hydroxyl groups excluding tert-OH is 2.